The third-order valence-electron chi connectivity index (χ3n) is 10.1. The number of hydrogen-bond donors (Lipinski definition) is 8. The highest BCUT2D eigenvalue weighted by Gasteiger charge is 2.50. The molecule has 3 rings (SSSR count). The molecule has 8 N–H and O–H groups in total. The molecule has 1 aliphatic rings. The summed E-state index contributed by atoms with van der Waals surface area (Å²) in [7, 11) is 2.34. The number of rotatable bonds is 22. The lowest BCUT2D eigenvalue weighted by molar-refractivity contribution is -0.146. The zero-order valence-corrected chi connectivity index (χ0v) is 36.9. The molecule has 10 atom stereocenters. The van der Waals surface area contributed by atoms with Gasteiger partial charge < -0.3 is 56.3 Å². The van der Waals surface area contributed by atoms with Gasteiger partial charge in [0.2, 0.25) is 23.6 Å². The van der Waals surface area contributed by atoms with Crippen LogP contribution in [0.1, 0.15) is 65.5 Å². The van der Waals surface area contributed by atoms with Crippen LogP contribution in [0.4, 0.5) is 0 Å². The van der Waals surface area contributed by atoms with E-state index in [1.54, 1.807) is 60.7 Å². The molecule has 346 valence electrons. The van der Waals surface area contributed by atoms with E-state index in [0.29, 0.717) is 11.1 Å². The number of hydrogen-bond acceptors (Lipinski definition) is 13. The van der Waals surface area contributed by atoms with Crippen molar-refractivity contribution in [3.05, 3.63) is 71.8 Å². The van der Waals surface area contributed by atoms with E-state index in [2.05, 4.69) is 41.4 Å². The first-order chi connectivity index (χ1) is 29.7. The molecule has 19 nitrogen and oxygen atoms in total. The van der Waals surface area contributed by atoms with Crippen LogP contribution < -0.4 is 31.9 Å². The first-order valence-corrected chi connectivity index (χ1v) is 20.8. The third-order valence-corrected chi connectivity index (χ3v) is 10.1. The second-order valence-corrected chi connectivity index (χ2v) is 16.3. The van der Waals surface area contributed by atoms with Crippen molar-refractivity contribution in [3.63, 3.8) is 0 Å². The Kier molecular flexibility index (Phi) is 20.1. The Labute approximate surface area is 367 Å². The summed E-state index contributed by atoms with van der Waals surface area (Å²) < 4.78 is 15.0. The molecule has 19 heteroatoms. The fraction of sp³-hybridized carbons (Fsp3) is 0.545. The highest BCUT2D eigenvalue weighted by molar-refractivity contribution is 5.96. The van der Waals surface area contributed by atoms with Gasteiger partial charge in [-0.2, -0.15) is 0 Å². The summed E-state index contributed by atoms with van der Waals surface area (Å²) in [6, 6.07) is 10.1. The van der Waals surface area contributed by atoms with E-state index in [9.17, 15) is 48.6 Å². The molecule has 2 aromatic rings. The van der Waals surface area contributed by atoms with E-state index in [-0.39, 0.29) is 37.5 Å². The summed E-state index contributed by atoms with van der Waals surface area (Å²) in [5.41, 5.74) is 1.22. The number of nitrogens with one attached hydrogen (secondary N) is 6. The Balaban J connectivity index is 1.84. The Bertz CT molecular complexity index is 1750. The largest absolute Gasteiger partial charge is 0.467 e. The Morgan fingerprint density at radius 3 is 1.13 bits per heavy atom. The first kappa shape index (κ1) is 51.4. The Morgan fingerprint density at radius 1 is 0.508 bits per heavy atom. The van der Waals surface area contributed by atoms with Gasteiger partial charge in [-0.3, -0.25) is 28.8 Å². The van der Waals surface area contributed by atoms with Gasteiger partial charge in [-0.1, -0.05) is 88.4 Å². The number of ether oxygens (including phenoxy) is 3. The van der Waals surface area contributed by atoms with Crippen LogP contribution in [-0.2, 0) is 65.4 Å². The summed E-state index contributed by atoms with van der Waals surface area (Å²) in [5.74, 6) is -6.65. The van der Waals surface area contributed by atoms with Crippen molar-refractivity contribution in [2.24, 2.45) is 11.8 Å². The molecule has 63 heavy (non-hydrogen) atoms. The van der Waals surface area contributed by atoms with E-state index < -0.39 is 108 Å². The molecule has 1 saturated heterocycles. The zero-order chi connectivity index (χ0) is 47.0. The number of carbonyl (C=O) groups excluding carboxylic acids is 8. The van der Waals surface area contributed by atoms with E-state index in [0.717, 1.165) is 0 Å². The molecule has 0 aliphatic carbocycles. The average molecular weight is 883 g/mol. The summed E-state index contributed by atoms with van der Waals surface area (Å²) in [6.45, 7) is 10.1. The fourth-order valence-corrected chi connectivity index (χ4v) is 6.79. The molecule has 0 radical (unpaired) electrons. The van der Waals surface area contributed by atoms with Crippen LogP contribution in [0.2, 0.25) is 0 Å². The zero-order valence-electron chi connectivity index (χ0n) is 36.9. The summed E-state index contributed by atoms with van der Waals surface area (Å²) >= 11 is 0. The molecule has 1 heterocycles. The van der Waals surface area contributed by atoms with Gasteiger partial charge in [-0.05, 0) is 49.7 Å². The molecule has 0 saturated carbocycles. The number of esters is 2. The van der Waals surface area contributed by atoms with Gasteiger partial charge in [0.25, 0.3) is 11.8 Å². The fourth-order valence-electron chi connectivity index (χ4n) is 6.79. The average Bonchev–Trinajstić information content (AvgIpc) is 3.55. The normalized spacial score (nSPS) is 19.9. The Morgan fingerprint density at radius 2 is 0.825 bits per heavy atom. The van der Waals surface area contributed by atoms with Gasteiger partial charge >= 0.3 is 11.9 Å². The second kappa shape index (κ2) is 24.6. The lowest BCUT2D eigenvalue weighted by Crippen LogP contribution is -2.57. The first-order valence-electron chi connectivity index (χ1n) is 20.8. The van der Waals surface area contributed by atoms with Gasteiger partial charge in [0.15, 0.2) is 12.2 Å². The smallest absolute Gasteiger partial charge is 0.328 e. The molecule has 0 unspecified atom stereocenters. The highest BCUT2D eigenvalue weighted by atomic mass is 16.6. The molecule has 6 amide bonds. The number of methoxy groups -OCH3 is 2. The van der Waals surface area contributed by atoms with Crippen LogP contribution in [0.5, 0.6) is 0 Å². The summed E-state index contributed by atoms with van der Waals surface area (Å²) in [4.78, 5) is 106. The number of aliphatic hydroxyl groups is 2. The highest BCUT2D eigenvalue weighted by Crippen LogP contribution is 2.23. The SMILES string of the molecule is COC(=O)[C@H](C)NC(=O)[C@H](CC(C)C)NC(=O)[C@H](Cc1ccccc1)NC(=O)[C@@H]1O[C@@H](C(=O)N[C@@H](Cc2ccccc2)C(=O)N[C@@H](CC(C)C)C(=O)N[C@@H](C)C(=O)OC)[C@@H](O)[C@@H]1O. The quantitative estimate of drug-likeness (QED) is 0.0684. The summed E-state index contributed by atoms with van der Waals surface area (Å²) in [6.07, 6.45) is -7.56. The van der Waals surface area contributed by atoms with Crippen molar-refractivity contribution in [1.29, 1.82) is 0 Å². The van der Waals surface area contributed by atoms with Crippen molar-refractivity contribution in [3.8, 4) is 0 Å². The van der Waals surface area contributed by atoms with Crippen LogP contribution >= 0.6 is 0 Å². The minimum absolute atomic E-state index is 0.0873. The van der Waals surface area contributed by atoms with E-state index in [1.165, 1.54) is 28.1 Å². The Hall–Kier alpha value is -5.92. The van der Waals surface area contributed by atoms with Gasteiger partial charge in [0, 0.05) is 12.8 Å². The standard InChI is InChI=1S/C44H62N6O13/c1-23(2)19-29(37(53)45-25(5)43(59)61-7)47-39(55)31(21-27-15-11-9-12-16-27)49-41(57)35-33(51)34(52)36(63-35)42(58)50-32(22-28-17-13-10-14-18-28)40(56)48-30(20-24(3)4)38(54)46-26(6)44(60)62-8/h9-18,23-26,29-36,51-52H,19-22H2,1-8H3,(H,45,53)(H,46,54)(H,47,55)(H,48,56)(H,49,57)(H,50,58)/t25-,26-,29-,30-,31-,32-,33-,34-,35+,36+/m0/s1. The lowest BCUT2D eigenvalue weighted by atomic mass is 10.00. The molecule has 0 spiro atoms. The molecular formula is C44H62N6O13. The number of aliphatic hydroxyl groups excluding tert-OH is 2. The van der Waals surface area contributed by atoms with Crippen LogP contribution in [0.15, 0.2) is 60.7 Å². The van der Waals surface area contributed by atoms with Crippen molar-refractivity contribution in [1.82, 2.24) is 31.9 Å². The summed E-state index contributed by atoms with van der Waals surface area (Å²) in [5, 5.41) is 37.5. The minimum Gasteiger partial charge on any atom is -0.467 e. The van der Waals surface area contributed by atoms with Gasteiger partial charge in [-0.25, -0.2) is 9.59 Å². The molecule has 1 aliphatic heterocycles. The van der Waals surface area contributed by atoms with Crippen LogP contribution in [0.25, 0.3) is 0 Å². The maximum absolute atomic E-state index is 13.9. The van der Waals surface area contributed by atoms with E-state index >= 15 is 0 Å². The molecular weight excluding hydrogens is 821 g/mol. The predicted molar refractivity (Wildman–Crippen MR) is 227 cm³/mol. The van der Waals surface area contributed by atoms with Crippen molar-refractivity contribution < 1.29 is 62.8 Å². The minimum atomic E-state index is -1.97. The number of amides is 6. The number of benzene rings is 2. The van der Waals surface area contributed by atoms with Crippen LogP contribution in [0, 0.1) is 11.8 Å². The maximum atomic E-state index is 13.9. The van der Waals surface area contributed by atoms with Crippen molar-refractivity contribution >= 4 is 47.4 Å². The van der Waals surface area contributed by atoms with Crippen LogP contribution in [-0.4, -0.2) is 132 Å². The van der Waals surface area contributed by atoms with E-state index in [4.69, 9.17) is 4.74 Å². The van der Waals surface area contributed by atoms with E-state index in [1.807, 2.05) is 27.7 Å². The lowest BCUT2D eigenvalue weighted by Gasteiger charge is -2.26. The topological polar surface area (TPSA) is 277 Å². The predicted octanol–water partition coefficient (Wildman–Crippen LogP) is -0.652. The van der Waals surface area contributed by atoms with Gasteiger partial charge in [0.1, 0.15) is 48.5 Å². The molecule has 0 aromatic heterocycles. The van der Waals surface area contributed by atoms with Crippen LogP contribution in [0.3, 0.4) is 0 Å². The third kappa shape index (κ3) is 15.7. The number of carbonyl (C=O) groups is 8. The molecule has 1 fully saturated rings. The van der Waals surface area contributed by atoms with Gasteiger partial charge in [-0.15, -0.1) is 0 Å². The molecule has 2 aromatic carbocycles. The second-order valence-electron chi connectivity index (χ2n) is 16.3. The monoisotopic (exact) mass is 882 g/mol. The van der Waals surface area contributed by atoms with Crippen molar-refractivity contribution in [2.45, 2.75) is 128 Å². The van der Waals surface area contributed by atoms with Gasteiger partial charge in [0.05, 0.1) is 14.2 Å². The molecule has 0 bridgehead atoms. The maximum Gasteiger partial charge on any atom is 0.328 e. The van der Waals surface area contributed by atoms with Crippen molar-refractivity contribution in [2.75, 3.05) is 14.2 Å².